The van der Waals surface area contributed by atoms with Crippen LogP contribution in [0.1, 0.15) is 65.7 Å². The highest BCUT2D eigenvalue weighted by Crippen LogP contribution is 2.38. The number of hydrogen-bond acceptors (Lipinski definition) is 2. The molecule has 1 N–H and O–H groups in total. The first-order valence-corrected chi connectivity index (χ1v) is 8.37. The van der Waals surface area contributed by atoms with Crippen molar-refractivity contribution in [1.82, 2.24) is 10.2 Å². The maximum atomic E-state index is 3.62. The fourth-order valence-corrected chi connectivity index (χ4v) is 4.06. The molecule has 1 atom stereocenters. The van der Waals surface area contributed by atoms with E-state index in [1.165, 1.54) is 64.6 Å². The Morgan fingerprint density at radius 1 is 1.16 bits per heavy atom. The lowest BCUT2D eigenvalue weighted by Gasteiger charge is -2.44. The summed E-state index contributed by atoms with van der Waals surface area (Å²) in [4.78, 5) is 2.69. The largest absolute Gasteiger partial charge is 0.316 e. The number of nitrogens with one attached hydrogen (secondary N) is 1. The average Bonchev–Trinajstić information content (AvgIpc) is 2.39. The molecular formula is C17H34N2. The maximum Gasteiger partial charge on any atom is 0.00928 e. The van der Waals surface area contributed by atoms with E-state index in [4.69, 9.17) is 0 Å². The average molecular weight is 266 g/mol. The molecule has 0 radical (unpaired) electrons. The van der Waals surface area contributed by atoms with Gasteiger partial charge in [-0.05, 0) is 69.4 Å². The van der Waals surface area contributed by atoms with Crippen molar-refractivity contribution in [2.75, 3.05) is 26.7 Å². The Morgan fingerprint density at radius 3 is 2.37 bits per heavy atom. The quantitative estimate of drug-likeness (QED) is 0.835. The second-order valence-corrected chi connectivity index (χ2v) is 7.94. The Morgan fingerprint density at radius 2 is 1.84 bits per heavy atom. The van der Waals surface area contributed by atoms with Crippen LogP contribution in [-0.4, -0.2) is 37.6 Å². The number of hydrogen-bond donors (Lipinski definition) is 1. The molecule has 1 heterocycles. The van der Waals surface area contributed by atoms with Gasteiger partial charge in [-0.3, -0.25) is 0 Å². The lowest BCUT2D eigenvalue weighted by Crippen LogP contribution is -2.49. The minimum atomic E-state index is 0.542. The van der Waals surface area contributed by atoms with Crippen LogP contribution in [-0.2, 0) is 0 Å². The summed E-state index contributed by atoms with van der Waals surface area (Å²) < 4.78 is 0. The molecule has 0 spiro atoms. The molecule has 2 aliphatic rings. The molecule has 0 bridgehead atoms. The summed E-state index contributed by atoms with van der Waals surface area (Å²) in [5.41, 5.74) is 1.13. The smallest absolute Gasteiger partial charge is 0.00928 e. The van der Waals surface area contributed by atoms with Crippen molar-refractivity contribution in [1.29, 1.82) is 0 Å². The van der Waals surface area contributed by atoms with Crippen molar-refractivity contribution in [3.63, 3.8) is 0 Å². The van der Waals surface area contributed by atoms with E-state index in [0.29, 0.717) is 10.8 Å². The van der Waals surface area contributed by atoms with E-state index in [0.717, 1.165) is 6.04 Å². The molecule has 2 rings (SSSR count). The highest BCUT2D eigenvalue weighted by molar-refractivity contribution is 4.90. The van der Waals surface area contributed by atoms with Crippen molar-refractivity contribution in [3.8, 4) is 0 Å². The monoisotopic (exact) mass is 266 g/mol. The van der Waals surface area contributed by atoms with Gasteiger partial charge in [0, 0.05) is 19.1 Å². The molecule has 19 heavy (non-hydrogen) atoms. The van der Waals surface area contributed by atoms with Crippen LogP contribution in [0.3, 0.4) is 0 Å². The predicted molar refractivity (Wildman–Crippen MR) is 83.5 cm³/mol. The first kappa shape index (κ1) is 15.3. The van der Waals surface area contributed by atoms with Gasteiger partial charge in [-0.1, -0.05) is 20.8 Å². The number of rotatable bonds is 4. The van der Waals surface area contributed by atoms with Gasteiger partial charge in [0.1, 0.15) is 0 Å². The van der Waals surface area contributed by atoms with Gasteiger partial charge in [-0.15, -0.1) is 0 Å². The van der Waals surface area contributed by atoms with E-state index in [1.54, 1.807) is 0 Å². The third kappa shape index (κ3) is 3.95. The topological polar surface area (TPSA) is 15.3 Å². The Balaban J connectivity index is 1.87. The summed E-state index contributed by atoms with van der Waals surface area (Å²) in [5.74, 6) is 0. The summed E-state index contributed by atoms with van der Waals surface area (Å²) >= 11 is 0. The third-order valence-corrected chi connectivity index (χ3v) is 5.83. The molecule has 0 aromatic heterocycles. The SMILES string of the molecule is CCC1(CN(C)C2CCC(C)(C)CC2)CCCNC1. The summed E-state index contributed by atoms with van der Waals surface area (Å²) in [6.45, 7) is 11.0. The van der Waals surface area contributed by atoms with Gasteiger partial charge in [-0.25, -0.2) is 0 Å². The lowest BCUT2D eigenvalue weighted by molar-refractivity contribution is 0.0669. The maximum absolute atomic E-state index is 3.62. The van der Waals surface area contributed by atoms with E-state index >= 15 is 0 Å². The van der Waals surface area contributed by atoms with E-state index in [-0.39, 0.29) is 0 Å². The highest BCUT2D eigenvalue weighted by atomic mass is 15.1. The van der Waals surface area contributed by atoms with Crippen molar-refractivity contribution in [3.05, 3.63) is 0 Å². The molecule has 1 saturated heterocycles. The van der Waals surface area contributed by atoms with Crippen LogP contribution in [0.15, 0.2) is 0 Å². The van der Waals surface area contributed by atoms with Crippen molar-refractivity contribution in [2.45, 2.75) is 71.8 Å². The molecule has 112 valence electrons. The predicted octanol–water partition coefficient (Wildman–Crippen LogP) is 3.67. The molecule has 0 amide bonds. The van der Waals surface area contributed by atoms with Gasteiger partial charge in [0.05, 0.1) is 0 Å². The van der Waals surface area contributed by atoms with E-state index in [9.17, 15) is 0 Å². The molecule has 1 unspecified atom stereocenters. The molecule has 0 aromatic carbocycles. The Bertz CT molecular complexity index is 269. The fraction of sp³-hybridized carbons (Fsp3) is 1.00. The van der Waals surface area contributed by atoms with Gasteiger partial charge in [0.2, 0.25) is 0 Å². The van der Waals surface area contributed by atoms with Crippen LogP contribution in [0.4, 0.5) is 0 Å². The lowest BCUT2D eigenvalue weighted by atomic mass is 9.74. The third-order valence-electron chi connectivity index (χ3n) is 5.83. The summed E-state index contributed by atoms with van der Waals surface area (Å²) in [5, 5.41) is 3.62. The molecule has 2 heteroatoms. The Labute approximate surface area is 120 Å². The van der Waals surface area contributed by atoms with E-state index in [2.05, 4.69) is 38.0 Å². The first-order chi connectivity index (χ1) is 8.96. The molecule has 1 saturated carbocycles. The Hall–Kier alpha value is -0.0800. The van der Waals surface area contributed by atoms with E-state index < -0.39 is 0 Å². The standard InChI is InChI=1S/C17H34N2/c1-5-17(9-6-12-18-13-17)14-19(4)15-7-10-16(2,3)11-8-15/h15,18H,5-14H2,1-4H3. The van der Waals surface area contributed by atoms with Gasteiger partial charge in [0.15, 0.2) is 0 Å². The second-order valence-electron chi connectivity index (χ2n) is 7.94. The van der Waals surface area contributed by atoms with Crippen LogP contribution in [0.2, 0.25) is 0 Å². The van der Waals surface area contributed by atoms with Crippen molar-refractivity contribution in [2.24, 2.45) is 10.8 Å². The molecule has 1 aliphatic carbocycles. The van der Waals surface area contributed by atoms with Gasteiger partial charge < -0.3 is 10.2 Å². The highest BCUT2D eigenvalue weighted by Gasteiger charge is 2.35. The van der Waals surface area contributed by atoms with Crippen LogP contribution in [0.5, 0.6) is 0 Å². The number of nitrogens with zero attached hydrogens (tertiary/aromatic N) is 1. The normalized spacial score (nSPS) is 32.7. The van der Waals surface area contributed by atoms with E-state index in [1.807, 2.05) is 0 Å². The fourth-order valence-electron chi connectivity index (χ4n) is 4.06. The zero-order valence-corrected chi connectivity index (χ0v) is 13.6. The second kappa shape index (κ2) is 6.13. The van der Waals surface area contributed by atoms with Crippen LogP contribution < -0.4 is 5.32 Å². The first-order valence-electron chi connectivity index (χ1n) is 8.37. The van der Waals surface area contributed by atoms with Gasteiger partial charge in [0.25, 0.3) is 0 Å². The van der Waals surface area contributed by atoms with Crippen molar-refractivity contribution >= 4 is 0 Å². The minimum absolute atomic E-state index is 0.542. The van der Waals surface area contributed by atoms with Gasteiger partial charge in [-0.2, -0.15) is 0 Å². The zero-order chi connectivity index (χ0) is 13.9. The number of piperidine rings is 1. The Kier molecular flexibility index (Phi) is 4.94. The summed E-state index contributed by atoms with van der Waals surface area (Å²) in [6, 6.07) is 0.832. The van der Waals surface area contributed by atoms with Crippen LogP contribution in [0, 0.1) is 10.8 Å². The molecule has 2 nitrogen and oxygen atoms in total. The minimum Gasteiger partial charge on any atom is -0.316 e. The van der Waals surface area contributed by atoms with Crippen LogP contribution in [0.25, 0.3) is 0 Å². The van der Waals surface area contributed by atoms with Crippen LogP contribution >= 0.6 is 0 Å². The molecule has 1 aliphatic heterocycles. The van der Waals surface area contributed by atoms with Gasteiger partial charge >= 0.3 is 0 Å². The molecule has 0 aromatic rings. The summed E-state index contributed by atoms with van der Waals surface area (Å²) in [6.07, 6.45) is 9.70. The zero-order valence-electron chi connectivity index (χ0n) is 13.6. The summed E-state index contributed by atoms with van der Waals surface area (Å²) in [7, 11) is 2.37. The van der Waals surface area contributed by atoms with Crippen molar-refractivity contribution < 1.29 is 0 Å². The molecular weight excluding hydrogens is 232 g/mol. The molecule has 2 fully saturated rings.